The molecule has 114 valence electrons. The molecule has 0 fully saturated rings. The minimum absolute atomic E-state index is 0.162. The summed E-state index contributed by atoms with van der Waals surface area (Å²) in [7, 11) is 0. The zero-order valence-corrected chi connectivity index (χ0v) is 14.1. The van der Waals surface area contributed by atoms with E-state index in [9.17, 15) is 9.59 Å². The lowest BCUT2D eigenvalue weighted by Crippen LogP contribution is -2.10. The number of fused-ring (bicyclic) bond motifs is 1. The largest absolute Gasteiger partial charge is 0.463 e. The van der Waals surface area contributed by atoms with Crippen LogP contribution in [0.1, 0.15) is 5.56 Å². The maximum Gasteiger partial charge on any atom is 0.248 e. The summed E-state index contributed by atoms with van der Waals surface area (Å²) >= 11 is 2.14. The first-order valence-electron chi connectivity index (χ1n) is 6.89. The SMILES string of the molecule is O=C(/C=C/c1coc2ccccc2c1=O)Nc1ccccc1I. The van der Waals surface area contributed by atoms with E-state index in [1.807, 2.05) is 24.3 Å². The van der Waals surface area contributed by atoms with Crippen LogP contribution in [0.3, 0.4) is 0 Å². The molecule has 1 amide bonds. The number of anilines is 1. The molecule has 0 bridgehead atoms. The summed E-state index contributed by atoms with van der Waals surface area (Å²) in [6.07, 6.45) is 4.15. The third-order valence-corrected chi connectivity index (χ3v) is 4.19. The fraction of sp³-hybridized carbons (Fsp3) is 0. The summed E-state index contributed by atoms with van der Waals surface area (Å²) in [6.45, 7) is 0. The van der Waals surface area contributed by atoms with E-state index >= 15 is 0 Å². The molecule has 2 aromatic carbocycles. The molecule has 23 heavy (non-hydrogen) atoms. The van der Waals surface area contributed by atoms with E-state index in [1.54, 1.807) is 24.3 Å². The molecule has 0 saturated heterocycles. The highest BCUT2D eigenvalue weighted by Crippen LogP contribution is 2.17. The fourth-order valence-electron chi connectivity index (χ4n) is 2.11. The van der Waals surface area contributed by atoms with E-state index in [2.05, 4.69) is 27.9 Å². The fourth-order valence-corrected chi connectivity index (χ4v) is 2.63. The highest BCUT2D eigenvalue weighted by molar-refractivity contribution is 14.1. The van der Waals surface area contributed by atoms with Gasteiger partial charge < -0.3 is 9.73 Å². The lowest BCUT2D eigenvalue weighted by Gasteiger charge is -2.04. The number of amides is 1. The Hall–Kier alpha value is -2.41. The summed E-state index contributed by atoms with van der Waals surface area (Å²) in [4.78, 5) is 24.3. The number of nitrogens with one attached hydrogen (secondary N) is 1. The van der Waals surface area contributed by atoms with Gasteiger partial charge in [0.2, 0.25) is 5.91 Å². The molecule has 0 saturated carbocycles. The Balaban J connectivity index is 1.83. The zero-order chi connectivity index (χ0) is 16.2. The van der Waals surface area contributed by atoms with Gasteiger partial charge in [-0.2, -0.15) is 0 Å². The number of carbonyl (C=O) groups is 1. The lowest BCUT2D eigenvalue weighted by molar-refractivity contribution is -0.111. The van der Waals surface area contributed by atoms with E-state index in [-0.39, 0.29) is 11.3 Å². The molecule has 0 aliphatic carbocycles. The van der Waals surface area contributed by atoms with Gasteiger partial charge in [0.15, 0.2) is 5.43 Å². The minimum Gasteiger partial charge on any atom is -0.463 e. The molecule has 0 unspecified atom stereocenters. The molecule has 0 atom stereocenters. The Morgan fingerprint density at radius 2 is 1.83 bits per heavy atom. The van der Waals surface area contributed by atoms with Crippen LogP contribution in [0.5, 0.6) is 0 Å². The van der Waals surface area contributed by atoms with E-state index in [1.165, 1.54) is 18.4 Å². The van der Waals surface area contributed by atoms with Gasteiger partial charge in [-0.3, -0.25) is 9.59 Å². The Kier molecular flexibility index (Phi) is 4.57. The van der Waals surface area contributed by atoms with Gasteiger partial charge in [0.1, 0.15) is 11.8 Å². The van der Waals surface area contributed by atoms with Crippen molar-refractivity contribution in [1.29, 1.82) is 0 Å². The van der Waals surface area contributed by atoms with Crippen molar-refractivity contribution in [3.63, 3.8) is 0 Å². The van der Waals surface area contributed by atoms with Crippen molar-refractivity contribution in [2.24, 2.45) is 0 Å². The highest BCUT2D eigenvalue weighted by Gasteiger charge is 2.05. The third-order valence-electron chi connectivity index (χ3n) is 3.25. The average Bonchev–Trinajstić information content (AvgIpc) is 2.57. The lowest BCUT2D eigenvalue weighted by atomic mass is 10.1. The summed E-state index contributed by atoms with van der Waals surface area (Å²) in [5, 5.41) is 3.26. The van der Waals surface area contributed by atoms with Gasteiger partial charge in [-0.05, 0) is 52.9 Å². The summed E-state index contributed by atoms with van der Waals surface area (Å²) < 4.78 is 6.35. The average molecular weight is 417 g/mol. The monoisotopic (exact) mass is 417 g/mol. The van der Waals surface area contributed by atoms with E-state index < -0.39 is 0 Å². The van der Waals surface area contributed by atoms with Gasteiger partial charge in [-0.15, -0.1) is 0 Å². The second-order valence-corrected chi connectivity index (χ2v) is 5.98. The van der Waals surface area contributed by atoms with Gasteiger partial charge in [0.25, 0.3) is 0 Å². The molecule has 1 N–H and O–H groups in total. The van der Waals surface area contributed by atoms with Crippen molar-refractivity contribution in [3.05, 3.63) is 80.2 Å². The van der Waals surface area contributed by atoms with Crippen LogP contribution in [0.4, 0.5) is 5.69 Å². The van der Waals surface area contributed by atoms with Crippen LogP contribution < -0.4 is 10.7 Å². The first-order chi connectivity index (χ1) is 11.1. The van der Waals surface area contributed by atoms with Crippen molar-refractivity contribution in [3.8, 4) is 0 Å². The molecular weight excluding hydrogens is 405 g/mol. The number of benzene rings is 2. The van der Waals surface area contributed by atoms with Crippen LogP contribution in [-0.2, 0) is 4.79 Å². The smallest absolute Gasteiger partial charge is 0.248 e. The molecule has 3 rings (SSSR count). The summed E-state index contributed by atoms with van der Waals surface area (Å²) in [5.41, 5.74) is 1.43. The molecule has 0 radical (unpaired) electrons. The van der Waals surface area contributed by atoms with Crippen LogP contribution >= 0.6 is 22.6 Å². The Morgan fingerprint density at radius 3 is 2.65 bits per heavy atom. The number of carbonyl (C=O) groups excluding carboxylic acids is 1. The highest BCUT2D eigenvalue weighted by atomic mass is 127. The van der Waals surface area contributed by atoms with Crippen molar-refractivity contribution in [1.82, 2.24) is 0 Å². The standard InChI is InChI=1S/C18H12INO3/c19-14-6-2-3-7-15(14)20-17(21)10-9-12-11-23-16-8-4-1-5-13(16)18(12)22/h1-11H,(H,20,21)/b10-9+. The van der Waals surface area contributed by atoms with Crippen LogP contribution in [0.25, 0.3) is 17.0 Å². The predicted octanol–water partition coefficient (Wildman–Crippen LogP) is 4.05. The molecule has 4 nitrogen and oxygen atoms in total. The van der Waals surface area contributed by atoms with Crippen LogP contribution in [0.15, 0.2) is 70.1 Å². The number of rotatable bonds is 3. The van der Waals surface area contributed by atoms with Crippen LogP contribution in [0.2, 0.25) is 0 Å². The van der Waals surface area contributed by atoms with Gasteiger partial charge in [-0.25, -0.2) is 0 Å². The topological polar surface area (TPSA) is 59.3 Å². The second kappa shape index (κ2) is 6.78. The van der Waals surface area contributed by atoms with Gasteiger partial charge in [0, 0.05) is 9.65 Å². The molecule has 5 heteroatoms. The number of hydrogen-bond donors (Lipinski definition) is 1. The van der Waals surface area contributed by atoms with Crippen molar-refractivity contribution >= 4 is 51.2 Å². The van der Waals surface area contributed by atoms with Gasteiger partial charge in [0.05, 0.1) is 16.6 Å². The van der Waals surface area contributed by atoms with Crippen LogP contribution in [-0.4, -0.2) is 5.91 Å². The number of hydrogen-bond acceptors (Lipinski definition) is 3. The normalized spacial score (nSPS) is 11.0. The third kappa shape index (κ3) is 3.50. The molecule has 1 aromatic heterocycles. The maximum absolute atomic E-state index is 12.3. The number of para-hydroxylation sites is 2. The first-order valence-corrected chi connectivity index (χ1v) is 7.97. The van der Waals surface area contributed by atoms with Gasteiger partial charge >= 0.3 is 0 Å². The molecule has 1 heterocycles. The van der Waals surface area contributed by atoms with Crippen molar-refractivity contribution < 1.29 is 9.21 Å². The van der Waals surface area contributed by atoms with E-state index in [0.717, 1.165) is 9.26 Å². The summed E-state index contributed by atoms with van der Waals surface area (Å²) in [5.74, 6) is -0.304. The van der Waals surface area contributed by atoms with Gasteiger partial charge in [-0.1, -0.05) is 24.3 Å². The zero-order valence-electron chi connectivity index (χ0n) is 12.0. The molecule has 0 spiro atoms. The minimum atomic E-state index is -0.304. The molecule has 0 aliphatic heterocycles. The Morgan fingerprint density at radius 1 is 1.09 bits per heavy atom. The van der Waals surface area contributed by atoms with E-state index in [4.69, 9.17) is 4.42 Å². The van der Waals surface area contributed by atoms with Crippen molar-refractivity contribution in [2.45, 2.75) is 0 Å². The Bertz CT molecular complexity index is 960. The first kappa shape index (κ1) is 15.5. The van der Waals surface area contributed by atoms with E-state index in [0.29, 0.717) is 16.5 Å². The molecule has 0 aliphatic rings. The summed E-state index contributed by atoms with van der Waals surface area (Å²) in [6, 6.07) is 14.5. The molecule has 3 aromatic rings. The maximum atomic E-state index is 12.3. The number of halogens is 1. The second-order valence-electron chi connectivity index (χ2n) is 4.82. The Labute approximate surface area is 146 Å². The molecular formula is C18H12INO3. The predicted molar refractivity (Wildman–Crippen MR) is 99.3 cm³/mol. The van der Waals surface area contributed by atoms with Crippen molar-refractivity contribution in [2.75, 3.05) is 5.32 Å². The van der Waals surface area contributed by atoms with Crippen LogP contribution in [0, 0.1) is 3.57 Å². The quantitative estimate of drug-likeness (QED) is 0.517.